The van der Waals surface area contributed by atoms with E-state index in [1.165, 1.54) is 17.7 Å². The summed E-state index contributed by atoms with van der Waals surface area (Å²) in [6.07, 6.45) is 1.09. The Morgan fingerprint density at radius 1 is 0.950 bits per heavy atom. The van der Waals surface area contributed by atoms with Crippen molar-refractivity contribution in [2.24, 2.45) is 0 Å². The first kappa shape index (κ1) is 14.8. The third-order valence-electron chi connectivity index (χ3n) is 3.57. The predicted octanol–water partition coefficient (Wildman–Crippen LogP) is 3.77. The molecule has 0 saturated heterocycles. The maximum atomic E-state index is 10.9. The van der Waals surface area contributed by atoms with Gasteiger partial charge in [0, 0.05) is 0 Å². The highest BCUT2D eigenvalue weighted by Crippen LogP contribution is 2.25. The summed E-state index contributed by atoms with van der Waals surface area (Å²) >= 11 is 0. The molecule has 2 rings (SSSR count). The molecule has 0 heterocycles. The Balaban J connectivity index is 2.28. The van der Waals surface area contributed by atoms with Crippen molar-refractivity contribution in [3.05, 3.63) is 54.1 Å². The lowest BCUT2D eigenvalue weighted by molar-refractivity contribution is 0.463. The van der Waals surface area contributed by atoms with Gasteiger partial charge >= 0.3 is 0 Å². The monoisotopic (exact) mass is 289 g/mol. The summed E-state index contributed by atoms with van der Waals surface area (Å²) in [7, 11) is -4.37. The quantitative estimate of drug-likeness (QED) is 0.805. The van der Waals surface area contributed by atoms with Gasteiger partial charge in [-0.25, -0.2) is 8.42 Å². The molecule has 3 nitrogen and oxygen atoms in total. The van der Waals surface area contributed by atoms with Crippen molar-refractivity contribution in [2.75, 3.05) is 0 Å². The van der Waals surface area contributed by atoms with Crippen molar-refractivity contribution < 1.29 is 13.0 Å². The van der Waals surface area contributed by atoms with E-state index in [9.17, 15) is 13.0 Å². The van der Waals surface area contributed by atoms with Gasteiger partial charge in [0.05, 0.1) is 4.90 Å². The number of hydrogen-bond donors (Lipinski definition) is 0. The van der Waals surface area contributed by atoms with E-state index in [1.807, 2.05) is 12.1 Å². The van der Waals surface area contributed by atoms with Gasteiger partial charge < -0.3 is 4.55 Å². The van der Waals surface area contributed by atoms with E-state index in [4.69, 9.17) is 0 Å². The molecule has 2 aromatic carbocycles. The standard InChI is InChI=1S/C16H18O3S/c1-3-12(2)13-4-6-14(7-5-13)15-8-10-16(11-9-15)20(17,18)19/h4-12H,3H2,1-2H3,(H,17,18,19)/p-1. The molecule has 0 spiro atoms. The first-order chi connectivity index (χ1) is 9.41. The molecule has 0 radical (unpaired) electrons. The number of hydrogen-bond acceptors (Lipinski definition) is 3. The number of benzene rings is 2. The van der Waals surface area contributed by atoms with Crippen LogP contribution in [0, 0.1) is 0 Å². The van der Waals surface area contributed by atoms with E-state index in [1.54, 1.807) is 12.1 Å². The smallest absolute Gasteiger partial charge is 0.124 e. The normalized spacial score (nSPS) is 13.2. The highest BCUT2D eigenvalue weighted by molar-refractivity contribution is 7.85. The summed E-state index contributed by atoms with van der Waals surface area (Å²) in [5.41, 5.74) is 3.19. The zero-order valence-electron chi connectivity index (χ0n) is 11.5. The Kier molecular flexibility index (Phi) is 4.26. The summed E-state index contributed by atoms with van der Waals surface area (Å²) in [5.74, 6) is 0.525. The van der Waals surface area contributed by atoms with Gasteiger partial charge in [0.25, 0.3) is 0 Å². The molecule has 2 aromatic rings. The number of rotatable bonds is 4. The molecule has 0 aliphatic rings. The lowest BCUT2D eigenvalue weighted by atomic mass is 9.96. The first-order valence-corrected chi connectivity index (χ1v) is 7.99. The molecular formula is C16H17O3S-. The van der Waals surface area contributed by atoms with Crippen LogP contribution in [-0.2, 0) is 10.1 Å². The van der Waals surface area contributed by atoms with E-state index < -0.39 is 10.1 Å². The minimum atomic E-state index is -4.37. The minimum absolute atomic E-state index is 0.197. The molecular weight excluding hydrogens is 272 g/mol. The average molecular weight is 289 g/mol. The minimum Gasteiger partial charge on any atom is -0.744 e. The van der Waals surface area contributed by atoms with Crippen LogP contribution in [0.15, 0.2) is 53.4 Å². The Labute approximate surface area is 120 Å². The zero-order valence-corrected chi connectivity index (χ0v) is 12.4. The maximum absolute atomic E-state index is 10.9. The van der Waals surface area contributed by atoms with Crippen molar-refractivity contribution in [1.29, 1.82) is 0 Å². The van der Waals surface area contributed by atoms with Crippen LogP contribution in [0.5, 0.6) is 0 Å². The second-order valence-electron chi connectivity index (χ2n) is 4.91. The van der Waals surface area contributed by atoms with Gasteiger partial charge in [0.2, 0.25) is 0 Å². The Morgan fingerprint density at radius 2 is 1.40 bits per heavy atom. The zero-order chi connectivity index (χ0) is 14.8. The van der Waals surface area contributed by atoms with Crippen LogP contribution in [0.1, 0.15) is 31.7 Å². The van der Waals surface area contributed by atoms with E-state index in [-0.39, 0.29) is 4.90 Å². The van der Waals surface area contributed by atoms with Crippen molar-refractivity contribution in [1.82, 2.24) is 0 Å². The molecule has 1 atom stereocenters. The molecule has 0 aliphatic carbocycles. The van der Waals surface area contributed by atoms with Crippen molar-refractivity contribution in [3.63, 3.8) is 0 Å². The molecule has 1 unspecified atom stereocenters. The third kappa shape index (κ3) is 3.26. The van der Waals surface area contributed by atoms with Crippen molar-refractivity contribution in [3.8, 4) is 11.1 Å². The van der Waals surface area contributed by atoms with E-state index >= 15 is 0 Å². The Bertz CT molecular complexity index is 671. The summed E-state index contributed by atoms with van der Waals surface area (Å²) < 4.78 is 32.6. The topological polar surface area (TPSA) is 57.2 Å². The lowest BCUT2D eigenvalue weighted by Gasteiger charge is -2.11. The van der Waals surface area contributed by atoms with E-state index in [0.717, 1.165) is 17.5 Å². The largest absolute Gasteiger partial charge is 0.744 e. The second kappa shape index (κ2) is 5.77. The Hall–Kier alpha value is -1.65. The molecule has 20 heavy (non-hydrogen) atoms. The van der Waals surface area contributed by atoms with Crippen LogP contribution < -0.4 is 0 Å². The molecule has 0 fully saturated rings. The highest BCUT2D eigenvalue weighted by Gasteiger charge is 2.05. The van der Waals surface area contributed by atoms with E-state index in [0.29, 0.717) is 5.92 Å². The Morgan fingerprint density at radius 3 is 1.80 bits per heavy atom. The van der Waals surface area contributed by atoms with Crippen LogP contribution in [0.4, 0.5) is 0 Å². The summed E-state index contributed by atoms with van der Waals surface area (Å²) in [4.78, 5) is -0.197. The van der Waals surface area contributed by atoms with Crippen LogP contribution >= 0.6 is 0 Å². The van der Waals surface area contributed by atoms with Gasteiger partial charge in [-0.15, -0.1) is 0 Å². The van der Waals surface area contributed by atoms with Crippen LogP contribution in [0.25, 0.3) is 11.1 Å². The van der Waals surface area contributed by atoms with Gasteiger partial charge in [-0.2, -0.15) is 0 Å². The maximum Gasteiger partial charge on any atom is 0.124 e. The SMILES string of the molecule is CCC(C)c1ccc(-c2ccc(S(=O)(=O)[O-])cc2)cc1. The molecule has 0 amide bonds. The second-order valence-corrected chi connectivity index (χ2v) is 6.29. The molecule has 4 heteroatoms. The third-order valence-corrected chi connectivity index (χ3v) is 4.42. The summed E-state index contributed by atoms with van der Waals surface area (Å²) in [6.45, 7) is 4.34. The lowest BCUT2D eigenvalue weighted by Crippen LogP contribution is -1.97. The fourth-order valence-electron chi connectivity index (χ4n) is 2.05. The first-order valence-electron chi connectivity index (χ1n) is 6.58. The van der Waals surface area contributed by atoms with Crippen molar-refractivity contribution in [2.45, 2.75) is 31.1 Å². The van der Waals surface area contributed by atoms with Gasteiger partial charge in [-0.3, -0.25) is 0 Å². The molecule has 0 aromatic heterocycles. The molecule has 0 aliphatic heterocycles. The summed E-state index contributed by atoms with van der Waals surface area (Å²) in [5, 5.41) is 0. The molecule has 0 saturated carbocycles. The van der Waals surface area contributed by atoms with Gasteiger partial charge in [-0.05, 0) is 41.2 Å². The fraction of sp³-hybridized carbons (Fsp3) is 0.250. The van der Waals surface area contributed by atoms with E-state index in [2.05, 4.69) is 26.0 Å². The molecule has 0 N–H and O–H groups in total. The van der Waals surface area contributed by atoms with Crippen molar-refractivity contribution >= 4 is 10.1 Å². The van der Waals surface area contributed by atoms with Crippen LogP contribution in [-0.4, -0.2) is 13.0 Å². The molecule has 0 bridgehead atoms. The van der Waals surface area contributed by atoms with Gasteiger partial charge in [0.1, 0.15) is 10.1 Å². The average Bonchev–Trinajstić information content (AvgIpc) is 2.46. The summed E-state index contributed by atoms with van der Waals surface area (Å²) in [6, 6.07) is 14.2. The van der Waals surface area contributed by atoms with Gasteiger partial charge in [0.15, 0.2) is 0 Å². The predicted molar refractivity (Wildman–Crippen MR) is 78.5 cm³/mol. The van der Waals surface area contributed by atoms with Crippen LogP contribution in [0.3, 0.4) is 0 Å². The highest BCUT2D eigenvalue weighted by atomic mass is 32.2. The van der Waals surface area contributed by atoms with Gasteiger partial charge in [-0.1, -0.05) is 50.2 Å². The fourth-order valence-corrected chi connectivity index (χ4v) is 2.52. The molecule has 106 valence electrons. The van der Waals surface area contributed by atoms with Crippen LogP contribution in [0.2, 0.25) is 0 Å².